The maximum absolute atomic E-state index is 12.6. The Morgan fingerprint density at radius 2 is 1.18 bits per heavy atom. The first-order valence-corrected chi connectivity index (χ1v) is 23.0. The fourth-order valence-corrected chi connectivity index (χ4v) is 6.46. The summed E-state index contributed by atoms with van der Waals surface area (Å²) in [6.07, 6.45) is 47.0. The number of epoxide rings is 1. The van der Waals surface area contributed by atoms with Gasteiger partial charge in [-0.1, -0.05) is 138 Å². The highest BCUT2D eigenvalue weighted by Gasteiger charge is 2.36. The number of rotatable bonds is 38. The molecule has 1 aliphatic rings. The van der Waals surface area contributed by atoms with Crippen LogP contribution in [0.3, 0.4) is 0 Å². The number of nitrogens with two attached hydrogens (primary N) is 1. The van der Waals surface area contributed by atoms with Gasteiger partial charge in [0.05, 0.1) is 25.4 Å². The first-order chi connectivity index (χ1) is 27.3. The zero-order valence-corrected chi connectivity index (χ0v) is 35.7. The van der Waals surface area contributed by atoms with E-state index >= 15 is 0 Å². The lowest BCUT2D eigenvalue weighted by Crippen LogP contribution is -2.29. The minimum absolute atomic E-state index is 0.0381. The van der Waals surface area contributed by atoms with E-state index in [-0.39, 0.29) is 32.6 Å². The van der Waals surface area contributed by atoms with Gasteiger partial charge in [0, 0.05) is 19.4 Å². The van der Waals surface area contributed by atoms with Gasteiger partial charge in [-0.15, -0.1) is 0 Å². The summed E-state index contributed by atoms with van der Waals surface area (Å²) >= 11 is 0. The summed E-state index contributed by atoms with van der Waals surface area (Å²) in [4.78, 5) is 34.8. The van der Waals surface area contributed by atoms with Crippen molar-refractivity contribution >= 4 is 19.8 Å². The van der Waals surface area contributed by atoms with Crippen LogP contribution in [0.1, 0.15) is 155 Å². The lowest BCUT2D eigenvalue weighted by Gasteiger charge is -2.19. The maximum atomic E-state index is 12.6. The van der Waals surface area contributed by atoms with Crippen molar-refractivity contribution in [2.75, 3.05) is 26.4 Å². The van der Waals surface area contributed by atoms with E-state index in [0.29, 0.717) is 25.0 Å². The lowest BCUT2D eigenvalue weighted by atomic mass is 10.1. The van der Waals surface area contributed by atoms with E-state index in [9.17, 15) is 19.0 Å². The minimum Gasteiger partial charge on any atom is -0.462 e. The highest BCUT2D eigenvalue weighted by molar-refractivity contribution is 7.47. The fourth-order valence-electron chi connectivity index (χ4n) is 5.70. The molecule has 3 unspecified atom stereocenters. The summed E-state index contributed by atoms with van der Waals surface area (Å²) in [5.41, 5.74) is 5.34. The molecule has 0 aromatic rings. The number of esters is 2. The van der Waals surface area contributed by atoms with Gasteiger partial charge in [-0.2, -0.15) is 0 Å². The first kappa shape index (κ1) is 51.4. The standard InChI is InChI=1S/C45H76NO9P/c1-3-5-7-8-9-10-11-12-13-14-19-22-25-28-32-36-45(48)54-41(40-53-56(49,50)52-38-37-46)39-51-44(47)35-31-27-24-21-18-16-15-17-20-23-26-30-34-43-42(55-43)33-29-6-4-2/h6,10-11,16-18,20,24,26-27,29-30,41-43H,3-5,7-9,12-15,19,21-23,25,28,31-40,46H2,1-2H3,(H,49,50)/b11-10-,18-16-,20-17-,27-24-,29-6-,30-26-/t41-,42?,43?/m1/s1. The van der Waals surface area contributed by atoms with E-state index in [2.05, 4.69) is 74.6 Å². The van der Waals surface area contributed by atoms with Crippen LogP contribution >= 0.6 is 7.82 Å². The molecule has 0 amide bonds. The molecule has 1 aliphatic heterocycles. The van der Waals surface area contributed by atoms with Crippen molar-refractivity contribution in [3.8, 4) is 0 Å². The Morgan fingerprint density at radius 1 is 0.643 bits per heavy atom. The molecule has 1 saturated heterocycles. The third-order valence-electron chi connectivity index (χ3n) is 8.99. The van der Waals surface area contributed by atoms with Crippen molar-refractivity contribution in [2.45, 2.75) is 173 Å². The number of carbonyl (C=O) groups is 2. The lowest BCUT2D eigenvalue weighted by molar-refractivity contribution is -0.161. The van der Waals surface area contributed by atoms with Crippen molar-refractivity contribution in [3.63, 3.8) is 0 Å². The van der Waals surface area contributed by atoms with Gasteiger partial charge in [-0.25, -0.2) is 4.57 Å². The van der Waals surface area contributed by atoms with E-state index in [4.69, 9.17) is 29.0 Å². The van der Waals surface area contributed by atoms with E-state index in [1.165, 1.54) is 51.4 Å². The van der Waals surface area contributed by atoms with Crippen LogP contribution in [-0.4, -0.2) is 61.5 Å². The normalized spacial score (nSPS) is 17.6. The Balaban J connectivity index is 2.23. The molecule has 56 heavy (non-hydrogen) atoms. The Kier molecular flexibility index (Phi) is 33.7. The Hall–Kier alpha value is -2.59. The van der Waals surface area contributed by atoms with Crippen LogP contribution in [0.15, 0.2) is 72.9 Å². The molecule has 0 aromatic heterocycles. The fraction of sp³-hybridized carbons (Fsp3) is 0.689. The smallest absolute Gasteiger partial charge is 0.462 e. The second-order valence-electron chi connectivity index (χ2n) is 14.2. The van der Waals surface area contributed by atoms with Gasteiger partial charge in [-0.3, -0.25) is 18.6 Å². The average molecular weight is 806 g/mol. The van der Waals surface area contributed by atoms with Crippen molar-refractivity contribution in [1.82, 2.24) is 0 Å². The number of hydrogen-bond donors (Lipinski definition) is 2. The van der Waals surface area contributed by atoms with Crippen LogP contribution in [0, 0.1) is 0 Å². The SMILES string of the molecule is CC/C=C\CC1OC1C/C=C\C/C=C\C/C=C\C/C=C\CCC(=O)OC[C@H](COP(=O)(O)OCCN)OC(=O)CCCCCCCCC/C=C\CCCCCC. The number of phosphoric ester groups is 1. The number of ether oxygens (including phenoxy) is 3. The molecule has 320 valence electrons. The molecule has 0 radical (unpaired) electrons. The van der Waals surface area contributed by atoms with Crippen molar-refractivity contribution in [1.29, 1.82) is 0 Å². The van der Waals surface area contributed by atoms with Crippen molar-refractivity contribution < 1.29 is 42.3 Å². The minimum atomic E-state index is -4.40. The molecule has 0 aliphatic carbocycles. The summed E-state index contributed by atoms with van der Waals surface area (Å²) in [5, 5.41) is 0. The zero-order chi connectivity index (χ0) is 40.8. The molecular formula is C45H76NO9P. The molecule has 1 rings (SSSR count). The number of hydrogen-bond acceptors (Lipinski definition) is 9. The highest BCUT2D eigenvalue weighted by atomic mass is 31.2. The largest absolute Gasteiger partial charge is 0.472 e. The quantitative estimate of drug-likeness (QED) is 0.0203. The monoisotopic (exact) mass is 806 g/mol. The van der Waals surface area contributed by atoms with E-state index in [1.54, 1.807) is 0 Å². The predicted octanol–water partition coefficient (Wildman–Crippen LogP) is 11.3. The number of allylic oxidation sites excluding steroid dienone is 10. The van der Waals surface area contributed by atoms with E-state index in [1.807, 2.05) is 12.2 Å². The summed E-state index contributed by atoms with van der Waals surface area (Å²) in [7, 11) is -4.40. The molecule has 1 heterocycles. The number of unbranched alkanes of at least 4 members (excludes halogenated alkanes) is 11. The third-order valence-corrected chi connectivity index (χ3v) is 9.98. The second kappa shape index (κ2) is 36.7. The summed E-state index contributed by atoms with van der Waals surface area (Å²) in [6, 6.07) is 0. The average Bonchev–Trinajstić information content (AvgIpc) is 3.94. The van der Waals surface area contributed by atoms with Gasteiger partial charge in [0.2, 0.25) is 0 Å². The topological polar surface area (TPSA) is 147 Å². The molecular weight excluding hydrogens is 729 g/mol. The van der Waals surface area contributed by atoms with Gasteiger partial charge >= 0.3 is 19.8 Å². The molecule has 3 N–H and O–H groups in total. The van der Waals surface area contributed by atoms with Crippen LogP contribution in [0.2, 0.25) is 0 Å². The molecule has 0 aromatic carbocycles. The van der Waals surface area contributed by atoms with Crippen molar-refractivity contribution in [3.05, 3.63) is 72.9 Å². The van der Waals surface area contributed by atoms with Gasteiger partial charge in [0.15, 0.2) is 6.10 Å². The van der Waals surface area contributed by atoms with Gasteiger partial charge < -0.3 is 24.8 Å². The highest BCUT2D eigenvalue weighted by Crippen LogP contribution is 2.43. The van der Waals surface area contributed by atoms with Gasteiger partial charge in [0.1, 0.15) is 6.61 Å². The second-order valence-corrected chi connectivity index (χ2v) is 15.7. The van der Waals surface area contributed by atoms with Crippen LogP contribution in [0.25, 0.3) is 0 Å². The first-order valence-electron chi connectivity index (χ1n) is 21.5. The molecule has 10 nitrogen and oxygen atoms in total. The van der Waals surface area contributed by atoms with Gasteiger partial charge in [0.25, 0.3) is 0 Å². The van der Waals surface area contributed by atoms with Crippen LogP contribution < -0.4 is 5.73 Å². The number of phosphoric acid groups is 1. The van der Waals surface area contributed by atoms with Crippen LogP contribution in [-0.2, 0) is 37.4 Å². The third kappa shape index (κ3) is 33.5. The summed E-state index contributed by atoms with van der Waals surface area (Å²) < 4.78 is 38.4. The molecule has 1 fully saturated rings. The Labute approximate surface area is 339 Å². The molecule has 4 atom stereocenters. The van der Waals surface area contributed by atoms with Crippen LogP contribution in [0.5, 0.6) is 0 Å². The van der Waals surface area contributed by atoms with E-state index in [0.717, 1.165) is 64.2 Å². The molecule has 0 saturated carbocycles. The number of carbonyl (C=O) groups excluding carboxylic acids is 2. The maximum Gasteiger partial charge on any atom is 0.472 e. The predicted molar refractivity (Wildman–Crippen MR) is 228 cm³/mol. The van der Waals surface area contributed by atoms with Gasteiger partial charge in [-0.05, 0) is 77.0 Å². The van der Waals surface area contributed by atoms with E-state index < -0.39 is 32.5 Å². The molecule has 0 bridgehead atoms. The molecule has 11 heteroatoms. The zero-order valence-electron chi connectivity index (χ0n) is 34.8. The summed E-state index contributed by atoms with van der Waals surface area (Å²) in [5.74, 6) is -0.942. The molecule has 0 spiro atoms. The Bertz CT molecular complexity index is 1210. The summed E-state index contributed by atoms with van der Waals surface area (Å²) in [6.45, 7) is 3.49. The van der Waals surface area contributed by atoms with Crippen LogP contribution in [0.4, 0.5) is 0 Å². The Morgan fingerprint density at radius 3 is 1.79 bits per heavy atom. The van der Waals surface area contributed by atoms with Crippen molar-refractivity contribution in [2.24, 2.45) is 5.73 Å².